The summed E-state index contributed by atoms with van der Waals surface area (Å²) in [5.41, 5.74) is 1.53. The average molecular weight is 338 g/mol. The van der Waals surface area contributed by atoms with Gasteiger partial charge >= 0.3 is 0 Å². The van der Waals surface area contributed by atoms with Gasteiger partial charge in [0.25, 0.3) is 5.91 Å². The molecule has 6 heteroatoms. The smallest absolute Gasteiger partial charge is 0.252 e. The summed E-state index contributed by atoms with van der Waals surface area (Å²) < 4.78 is 1.99. The van der Waals surface area contributed by atoms with Crippen LogP contribution >= 0.6 is 11.8 Å². The van der Waals surface area contributed by atoms with Crippen LogP contribution in [0.5, 0.6) is 0 Å². The second-order valence-corrected chi connectivity index (χ2v) is 5.96. The highest BCUT2D eigenvalue weighted by Gasteiger charge is 2.10. The van der Waals surface area contributed by atoms with Gasteiger partial charge in [-0.1, -0.05) is 18.2 Å². The van der Waals surface area contributed by atoms with E-state index in [1.165, 1.54) is 0 Å². The van der Waals surface area contributed by atoms with E-state index in [-0.39, 0.29) is 5.91 Å². The minimum Gasteiger partial charge on any atom is -0.350 e. The monoisotopic (exact) mass is 338 g/mol. The molecule has 0 saturated heterocycles. The maximum Gasteiger partial charge on any atom is 0.252 e. The van der Waals surface area contributed by atoms with Crippen LogP contribution in [0.15, 0.2) is 66.0 Å². The van der Waals surface area contributed by atoms with Crippen LogP contribution in [0, 0.1) is 0 Å². The van der Waals surface area contributed by atoms with Crippen molar-refractivity contribution in [3.8, 4) is 11.5 Å². The van der Waals surface area contributed by atoms with Crippen LogP contribution in [0.3, 0.4) is 0 Å². The molecule has 122 valence electrons. The number of nitrogens with one attached hydrogen (secondary N) is 1. The lowest BCUT2D eigenvalue weighted by Gasteiger charge is -2.10. The lowest BCUT2D eigenvalue weighted by atomic mass is 10.2. The fourth-order valence-corrected chi connectivity index (χ4v) is 3.03. The minimum atomic E-state index is -0.0561. The van der Waals surface area contributed by atoms with Crippen LogP contribution < -0.4 is 5.32 Å². The highest BCUT2D eigenvalue weighted by Crippen LogP contribution is 2.19. The number of amides is 1. The molecule has 0 unspecified atom stereocenters. The zero-order valence-corrected chi connectivity index (χ0v) is 14.2. The van der Waals surface area contributed by atoms with Crippen LogP contribution in [-0.4, -0.2) is 33.2 Å². The Morgan fingerprint density at radius 1 is 1.12 bits per heavy atom. The second kappa shape index (κ2) is 7.79. The van der Waals surface area contributed by atoms with Gasteiger partial charge in [-0.05, 0) is 30.5 Å². The number of carbonyl (C=O) groups excluding carboxylic acids is 1. The molecule has 0 bridgehead atoms. The molecule has 2 aromatic heterocycles. The van der Waals surface area contributed by atoms with E-state index in [2.05, 4.69) is 15.3 Å². The van der Waals surface area contributed by atoms with Gasteiger partial charge in [-0.25, -0.2) is 4.98 Å². The number of hydrogen-bond donors (Lipinski definition) is 1. The number of thioether (sulfide) groups is 1. The minimum absolute atomic E-state index is 0.0561. The first kappa shape index (κ1) is 16.3. The Kier molecular flexibility index (Phi) is 5.28. The van der Waals surface area contributed by atoms with E-state index in [0.29, 0.717) is 18.7 Å². The fourth-order valence-electron chi connectivity index (χ4n) is 2.44. The number of hydrogen-bond acceptors (Lipinski definition) is 4. The third-order valence-electron chi connectivity index (χ3n) is 3.60. The molecule has 3 aromatic rings. The van der Waals surface area contributed by atoms with Crippen molar-refractivity contribution < 1.29 is 4.79 Å². The molecule has 0 spiro atoms. The van der Waals surface area contributed by atoms with Gasteiger partial charge in [0.15, 0.2) is 5.82 Å². The normalized spacial score (nSPS) is 10.5. The number of pyridine rings is 1. The first-order valence-corrected chi connectivity index (χ1v) is 8.86. The Bertz CT molecular complexity index is 817. The summed E-state index contributed by atoms with van der Waals surface area (Å²) in [6.45, 7) is 1.16. The largest absolute Gasteiger partial charge is 0.350 e. The van der Waals surface area contributed by atoms with Gasteiger partial charge in [-0.3, -0.25) is 9.78 Å². The van der Waals surface area contributed by atoms with E-state index in [1.807, 2.05) is 59.5 Å². The Balaban J connectivity index is 1.64. The van der Waals surface area contributed by atoms with Crippen molar-refractivity contribution in [2.75, 3.05) is 12.8 Å². The van der Waals surface area contributed by atoms with E-state index in [1.54, 1.807) is 24.2 Å². The van der Waals surface area contributed by atoms with Crippen molar-refractivity contribution >= 4 is 17.7 Å². The number of carbonyl (C=O) groups is 1. The van der Waals surface area contributed by atoms with Gasteiger partial charge in [-0.15, -0.1) is 11.8 Å². The van der Waals surface area contributed by atoms with Crippen molar-refractivity contribution in [3.05, 3.63) is 66.6 Å². The van der Waals surface area contributed by atoms with Gasteiger partial charge < -0.3 is 9.88 Å². The van der Waals surface area contributed by atoms with Crippen molar-refractivity contribution in [3.63, 3.8) is 0 Å². The predicted molar refractivity (Wildman–Crippen MR) is 96.0 cm³/mol. The quantitative estimate of drug-likeness (QED) is 0.702. The predicted octanol–water partition coefficient (Wildman–Crippen LogP) is 3.10. The highest BCUT2D eigenvalue weighted by molar-refractivity contribution is 7.98. The zero-order valence-electron chi connectivity index (χ0n) is 13.3. The zero-order chi connectivity index (χ0) is 16.8. The van der Waals surface area contributed by atoms with Gasteiger partial charge in [0, 0.05) is 36.6 Å². The standard InChI is InChI=1S/C18H18N4OS/c1-24-16-8-3-2-6-14(16)18(23)21-11-13-22-12-10-20-17(22)15-7-4-5-9-19-15/h2-10,12H,11,13H2,1H3,(H,21,23). The van der Waals surface area contributed by atoms with Gasteiger partial charge in [0.1, 0.15) is 5.69 Å². The molecule has 5 nitrogen and oxygen atoms in total. The third kappa shape index (κ3) is 3.65. The SMILES string of the molecule is CSc1ccccc1C(=O)NCCn1ccnc1-c1ccccn1. The Hall–Kier alpha value is -2.60. The van der Waals surface area contributed by atoms with Gasteiger partial charge in [-0.2, -0.15) is 0 Å². The van der Waals surface area contributed by atoms with Crippen molar-refractivity contribution in [2.24, 2.45) is 0 Å². The molecule has 1 N–H and O–H groups in total. The lowest BCUT2D eigenvalue weighted by molar-refractivity contribution is 0.0949. The van der Waals surface area contributed by atoms with Crippen LogP contribution in [-0.2, 0) is 6.54 Å². The first-order chi connectivity index (χ1) is 11.8. The highest BCUT2D eigenvalue weighted by atomic mass is 32.2. The molecule has 0 aliphatic carbocycles. The summed E-state index contributed by atoms with van der Waals surface area (Å²) in [6.07, 6.45) is 7.35. The Morgan fingerprint density at radius 2 is 1.96 bits per heavy atom. The van der Waals surface area contributed by atoms with E-state index >= 15 is 0 Å². The summed E-state index contributed by atoms with van der Waals surface area (Å²) >= 11 is 1.57. The van der Waals surface area contributed by atoms with E-state index in [4.69, 9.17) is 0 Å². The maximum absolute atomic E-state index is 12.3. The van der Waals surface area contributed by atoms with Crippen molar-refractivity contribution in [2.45, 2.75) is 11.4 Å². The van der Waals surface area contributed by atoms with E-state index < -0.39 is 0 Å². The molecular formula is C18H18N4OS. The molecule has 0 saturated carbocycles. The number of rotatable bonds is 6. The molecular weight excluding hydrogens is 320 g/mol. The summed E-state index contributed by atoms with van der Waals surface area (Å²) in [7, 11) is 0. The summed E-state index contributed by atoms with van der Waals surface area (Å²) in [5, 5.41) is 2.97. The lowest BCUT2D eigenvalue weighted by Crippen LogP contribution is -2.27. The first-order valence-electron chi connectivity index (χ1n) is 7.63. The molecule has 2 heterocycles. The number of benzene rings is 1. The molecule has 24 heavy (non-hydrogen) atoms. The Morgan fingerprint density at radius 3 is 2.75 bits per heavy atom. The second-order valence-electron chi connectivity index (χ2n) is 5.12. The Labute approximate surface area is 145 Å². The van der Waals surface area contributed by atoms with Crippen LogP contribution in [0.1, 0.15) is 10.4 Å². The number of imidazole rings is 1. The van der Waals surface area contributed by atoms with Gasteiger partial charge in [0.2, 0.25) is 0 Å². The molecule has 0 fully saturated rings. The molecule has 0 atom stereocenters. The number of aromatic nitrogens is 3. The molecule has 0 aliphatic heterocycles. The molecule has 0 radical (unpaired) electrons. The molecule has 0 aliphatic rings. The summed E-state index contributed by atoms with van der Waals surface area (Å²) in [6, 6.07) is 13.3. The van der Waals surface area contributed by atoms with E-state index in [9.17, 15) is 4.79 Å². The molecule has 1 aromatic carbocycles. The van der Waals surface area contributed by atoms with E-state index in [0.717, 1.165) is 16.4 Å². The summed E-state index contributed by atoms with van der Waals surface area (Å²) in [4.78, 5) is 22.0. The topological polar surface area (TPSA) is 59.8 Å². The fraction of sp³-hybridized carbons (Fsp3) is 0.167. The summed E-state index contributed by atoms with van der Waals surface area (Å²) in [5.74, 6) is 0.744. The molecule has 3 rings (SSSR count). The van der Waals surface area contributed by atoms with Crippen LogP contribution in [0.2, 0.25) is 0 Å². The van der Waals surface area contributed by atoms with Crippen LogP contribution in [0.25, 0.3) is 11.5 Å². The van der Waals surface area contributed by atoms with Crippen molar-refractivity contribution in [1.29, 1.82) is 0 Å². The molecule has 1 amide bonds. The number of nitrogens with zero attached hydrogens (tertiary/aromatic N) is 3. The average Bonchev–Trinajstić information content (AvgIpc) is 3.11. The van der Waals surface area contributed by atoms with Gasteiger partial charge in [0.05, 0.1) is 5.56 Å². The maximum atomic E-state index is 12.3. The van der Waals surface area contributed by atoms with Crippen LogP contribution in [0.4, 0.5) is 0 Å². The third-order valence-corrected chi connectivity index (χ3v) is 4.40. The van der Waals surface area contributed by atoms with Crippen molar-refractivity contribution in [1.82, 2.24) is 19.9 Å².